The van der Waals surface area contributed by atoms with Gasteiger partial charge in [-0.05, 0) is 31.7 Å². The first kappa shape index (κ1) is 13.5. The van der Waals surface area contributed by atoms with Gasteiger partial charge in [0.15, 0.2) is 0 Å². The predicted molar refractivity (Wildman–Crippen MR) is 67.0 cm³/mol. The van der Waals surface area contributed by atoms with Crippen LogP contribution in [0.25, 0.3) is 0 Å². The molecule has 94 valence electrons. The molecule has 1 aliphatic carbocycles. The molecule has 0 aromatic rings. The molecular weight excluding hydrogens is 200 g/mol. The minimum atomic E-state index is 0.0662. The number of carbonyl (C=O) groups excluding carboxylic acids is 1. The summed E-state index contributed by atoms with van der Waals surface area (Å²) in [5.74, 6) is 1.16. The lowest BCUT2D eigenvalue weighted by Crippen LogP contribution is -2.31. The summed E-state index contributed by atoms with van der Waals surface area (Å²) in [4.78, 5) is 11.6. The number of carbonyl (C=O) groups is 1. The fourth-order valence-electron chi connectivity index (χ4n) is 2.46. The second kappa shape index (κ2) is 7.66. The van der Waals surface area contributed by atoms with Crippen molar-refractivity contribution in [3.63, 3.8) is 0 Å². The van der Waals surface area contributed by atoms with E-state index in [0.717, 1.165) is 25.3 Å². The van der Waals surface area contributed by atoms with Gasteiger partial charge in [-0.2, -0.15) is 0 Å². The third kappa shape index (κ3) is 4.97. The van der Waals surface area contributed by atoms with Crippen molar-refractivity contribution in [1.29, 1.82) is 0 Å². The lowest BCUT2D eigenvalue weighted by atomic mass is 10.0. The van der Waals surface area contributed by atoms with Crippen LogP contribution in [0.4, 0.5) is 0 Å². The Balaban J connectivity index is 1.99. The van der Waals surface area contributed by atoms with E-state index in [1.807, 2.05) is 6.92 Å². The Kier molecular flexibility index (Phi) is 6.46. The summed E-state index contributed by atoms with van der Waals surface area (Å²) in [6, 6.07) is 0. The van der Waals surface area contributed by atoms with E-state index in [2.05, 4.69) is 5.32 Å². The summed E-state index contributed by atoms with van der Waals surface area (Å²) in [6.07, 6.45) is 8.82. The molecule has 0 aliphatic heterocycles. The fraction of sp³-hybridized carbons (Fsp3) is 0.923. The minimum Gasteiger partial charge on any atom is -0.356 e. The van der Waals surface area contributed by atoms with E-state index < -0.39 is 0 Å². The quantitative estimate of drug-likeness (QED) is 0.653. The van der Waals surface area contributed by atoms with E-state index in [4.69, 9.17) is 5.73 Å². The van der Waals surface area contributed by atoms with Crippen molar-refractivity contribution in [3.05, 3.63) is 0 Å². The van der Waals surface area contributed by atoms with Crippen molar-refractivity contribution in [2.75, 3.05) is 13.1 Å². The lowest BCUT2D eigenvalue weighted by Gasteiger charge is -2.12. The second-order valence-electron chi connectivity index (χ2n) is 5.06. The van der Waals surface area contributed by atoms with Gasteiger partial charge in [-0.1, -0.05) is 32.6 Å². The first-order valence-corrected chi connectivity index (χ1v) is 6.71. The minimum absolute atomic E-state index is 0.0662. The number of nitrogens with one attached hydrogen (secondary N) is 1. The molecule has 1 unspecified atom stereocenters. The second-order valence-corrected chi connectivity index (χ2v) is 5.06. The Morgan fingerprint density at radius 1 is 1.44 bits per heavy atom. The Bertz CT molecular complexity index is 200. The molecule has 0 aromatic heterocycles. The van der Waals surface area contributed by atoms with Gasteiger partial charge in [-0.25, -0.2) is 0 Å². The summed E-state index contributed by atoms with van der Waals surface area (Å²) in [7, 11) is 0. The zero-order valence-electron chi connectivity index (χ0n) is 10.5. The van der Waals surface area contributed by atoms with E-state index >= 15 is 0 Å². The van der Waals surface area contributed by atoms with E-state index in [-0.39, 0.29) is 11.8 Å². The maximum Gasteiger partial charge on any atom is 0.222 e. The highest BCUT2D eigenvalue weighted by Crippen LogP contribution is 2.28. The highest BCUT2D eigenvalue weighted by Gasteiger charge is 2.15. The maximum atomic E-state index is 11.6. The molecule has 0 bridgehead atoms. The van der Waals surface area contributed by atoms with Gasteiger partial charge in [0.05, 0.1) is 0 Å². The summed E-state index contributed by atoms with van der Waals surface area (Å²) in [5.41, 5.74) is 5.42. The number of hydrogen-bond acceptors (Lipinski definition) is 2. The van der Waals surface area contributed by atoms with Crippen molar-refractivity contribution < 1.29 is 4.79 Å². The van der Waals surface area contributed by atoms with Crippen molar-refractivity contribution in [2.24, 2.45) is 17.6 Å². The van der Waals surface area contributed by atoms with Gasteiger partial charge in [0.2, 0.25) is 5.91 Å². The Hall–Kier alpha value is -0.570. The zero-order chi connectivity index (χ0) is 11.8. The average molecular weight is 226 g/mol. The van der Waals surface area contributed by atoms with Crippen LogP contribution in [0, 0.1) is 11.8 Å². The highest BCUT2D eigenvalue weighted by molar-refractivity contribution is 5.78. The molecule has 1 aliphatic rings. The number of amides is 1. The SMILES string of the molecule is CC(CCN)C(=O)NCCCC1CCCC1. The Labute approximate surface area is 99.2 Å². The molecule has 1 atom stereocenters. The van der Waals surface area contributed by atoms with Crippen LogP contribution in [0.1, 0.15) is 51.9 Å². The predicted octanol–water partition coefficient (Wildman–Crippen LogP) is 2.06. The van der Waals surface area contributed by atoms with Crippen molar-refractivity contribution in [2.45, 2.75) is 51.9 Å². The van der Waals surface area contributed by atoms with Crippen LogP contribution in [0.15, 0.2) is 0 Å². The zero-order valence-corrected chi connectivity index (χ0v) is 10.5. The third-order valence-corrected chi connectivity index (χ3v) is 3.61. The standard InChI is InChI=1S/C13H26N2O/c1-11(8-9-14)13(16)15-10-4-7-12-5-2-3-6-12/h11-12H,2-10,14H2,1H3,(H,15,16). The molecule has 0 aromatic carbocycles. The van der Waals surface area contributed by atoms with Crippen LogP contribution in [-0.4, -0.2) is 19.0 Å². The maximum absolute atomic E-state index is 11.6. The Morgan fingerprint density at radius 3 is 2.75 bits per heavy atom. The van der Waals surface area contributed by atoms with E-state index in [9.17, 15) is 4.79 Å². The molecule has 0 heterocycles. The fourth-order valence-corrected chi connectivity index (χ4v) is 2.46. The van der Waals surface area contributed by atoms with Crippen LogP contribution in [-0.2, 0) is 4.79 Å². The molecule has 0 saturated heterocycles. The molecule has 0 spiro atoms. The molecule has 1 fully saturated rings. The molecule has 0 radical (unpaired) electrons. The van der Waals surface area contributed by atoms with E-state index in [1.165, 1.54) is 32.1 Å². The summed E-state index contributed by atoms with van der Waals surface area (Å²) < 4.78 is 0. The van der Waals surface area contributed by atoms with Crippen LogP contribution >= 0.6 is 0 Å². The average Bonchev–Trinajstić information content (AvgIpc) is 2.77. The van der Waals surface area contributed by atoms with E-state index in [0.29, 0.717) is 6.54 Å². The summed E-state index contributed by atoms with van der Waals surface area (Å²) in [5, 5.41) is 3.00. The number of nitrogens with two attached hydrogens (primary N) is 1. The number of rotatable bonds is 7. The highest BCUT2D eigenvalue weighted by atomic mass is 16.1. The molecular formula is C13H26N2O. The normalized spacial score (nSPS) is 18.6. The smallest absolute Gasteiger partial charge is 0.222 e. The first-order valence-electron chi connectivity index (χ1n) is 6.71. The molecule has 3 heteroatoms. The molecule has 1 amide bonds. The molecule has 1 saturated carbocycles. The monoisotopic (exact) mass is 226 g/mol. The van der Waals surface area contributed by atoms with Gasteiger partial charge < -0.3 is 11.1 Å². The lowest BCUT2D eigenvalue weighted by molar-refractivity contribution is -0.124. The molecule has 1 rings (SSSR count). The first-order chi connectivity index (χ1) is 7.74. The van der Waals surface area contributed by atoms with Crippen LogP contribution in [0.5, 0.6) is 0 Å². The topological polar surface area (TPSA) is 55.1 Å². The van der Waals surface area contributed by atoms with Crippen molar-refractivity contribution in [3.8, 4) is 0 Å². The van der Waals surface area contributed by atoms with Gasteiger partial charge in [-0.15, -0.1) is 0 Å². The molecule has 16 heavy (non-hydrogen) atoms. The van der Waals surface area contributed by atoms with Gasteiger partial charge in [0.1, 0.15) is 0 Å². The van der Waals surface area contributed by atoms with Crippen LogP contribution in [0.3, 0.4) is 0 Å². The summed E-state index contributed by atoms with van der Waals surface area (Å²) >= 11 is 0. The number of hydrogen-bond donors (Lipinski definition) is 2. The van der Waals surface area contributed by atoms with Gasteiger partial charge in [0.25, 0.3) is 0 Å². The third-order valence-electron chi connectivity index (χ3n) is 3.61. The summed E-state index contributed by atoms with van der Waals surface area (Å²) in [6.45, 7) is 3.38. The van der Waals surface area contributed by atoms with Crippen molar-refractivity contribution >= 4 is 5.91 Å². The van der Waals surface area contributed by atoms with Crippen LogP contribution in [0.2, 0.25) is 0 Å². The van der Waals surface area contributed by atoms with Gasteiger partial charge >= 0.3 is 0 Å². The molecule has 3 N–H and O–H groups in total. The Morgan fingerprint density at radius 2 is 2.12 bits per heavy atom. The van der Waals surface area contributed by atoms with E-state index in [1.54, 1.807) is 0 Å². The van der Waals surface area contributed by atoms with Crippen molar-refractivity contribution in [1.82, 2.24) is 5.32 Å². The van der Waals surface area contributed by atoms with Crippen LogP contribution < -0.4 is 11.1 Å². The van der Waals surface area contributed by atoms with Gasteiger partial charge in [0, 0.05) is 12.5 Å². The molecule has 3 nitrogen and oxygen atoms in total. The van der Waals surface area contributed by atoms with Gasteiger partial charge in [-0.3, -0.25) is 4.79 Å². The largest absolute Gasteiger partial charge is 0.356 e.